The second-order valence-corrected chi connectivity index (χ2v) is 4.48. The highest BCUT2D eigenvalue weighted by atomic mass is 16.5. The Kier molecular flexibility index (Phi) is 15.0. The number of esters is 2. The molecule has 0 heterocycles. The van der Waals surface area contributed by atoms with Gasteiger partial charge in [0.05, 0.1) is 13.2 Å². The number of carbonyl (C=O) groups excluding carboxylic acids is 2. The zero-order valence-electron chi connectivity index (χ0n) is 13.7. The molecule has 22 heavy (non-hydrogen) atoms. The lowest BCUT2D eigenvalue weighted by Gasteiger charge is -2.03. The fourth-order valence-corrected chi connectivity index (χ4v) is 1.48. The summed E-state index contributed by atoms with van der Waals surface area (Å²) in [6, 6.07) is 0. The maximum Gasteiger partial charge on any atom is 0.331 e. The maximum absolute atomic E-state index is 11.3. The molecule has 0 fully saturated rings. The Balaban J connectivity index is 3.51. The summed E-state index contributed by atoms with van der Waals surface area (Å²) in [6.07, 6.45) is 5.34. The van der Waals surface area contributed by atoms with Crippen molar-refractivity contribution >= 4 is 11.9 Å². The molecule has 6 nitrogen and oxygen atoms in total. The van der Waals surface area contributed by atoms with Crippen LogP contribution in [-0.2, 0) is 28.5 Å². The van der Waals surface area contributed by atoms with Gasteiger partial charge in [0.1, 0.15) is 0 Å². The fourth-order valence-electron chi connectivity index (χ4n) is 1.48. The SMILES string of the molecule is CCOCCCCOC(=O)/C=C\C(=O)OCCCCOCC. The van der Waals surface area contributed by atoms with E-state index in [1.807, 2.05) is 13.8 Å². The van der Waals surface area contributed by atoms with Gasteiger partial charge in [-0.2, -0.15) is 0 Å². The smallest absolute Gasteiger partial charge is 0.331 e. The highest BCUT2D eigenvalue weighted by Crippen LogP contribution is 1.95. The molecule has 0 atom stereocenters. The highest BCUT2D eigenvalue weighted by molar-refractivity contribution is 5.91. The van der Waals surface area contributed by atoms with Gasteiger partial charge in [0, 0.05) is 38.6 Å². The average Bonchev–Trinajstić information content (AvgIpc) is 2.52. The van der Waals surface area contributed by atoms with Crippen LogP contribution in [0, 0.1) is 0 Å². The number of carbonyl (C=O) groups is 2. The molecule has 0 bridgehead atoms. The summed E-state index contributed by atoms with van der Waals surface area (Å²) >= 11 is 0. The van der Waals surface area contributed by atoms with E-state index in [1.54, 1.807) is 0 Å². The van der Waals surface area contributed by atoms with Crippen molar-refractivity contribution in [3.05, 3.63) is 12.2 Å². The van der Waals surface area contributed by atoms with Crippen molar-refractivity contribution in [1.82, 2.24) is 0 Å². The van der Waals surface area contributed by atoms with Crippen molar-refractivity contribution in [3.63, 3.8) is 0 Å². The van der Waals surface area contributed by atoms with Gasteiger partial charge in [0.2, 0.25) is 0 Å². The van der Waals surface area contributed by atoms with Crippen molar-refractivity contribution in [3.8, 4) is 0 Å². The monoisotopic (exact) mass is 316 g/mol. The van der Waals surface area contributed by atoms with Gasteiger partial charge in [-0.05, 0) is 39.5 Å². The lowest BCUT2D eigenvalue weighted by Crippen LogP contribution is -2.07. The van der Waals surface area contributed by atoms with E-state index in [-0.39, 0.29) is 0 Å². The van der Waals surface area contributed by atoms with E-state index in [4.69, 9.17) is 18.9 Å². The van der Waals surface area contributed by atoms with E-state index < -0.39 is 11.9 Å². The van der Waals surface area contributed by atoms with Crippen molar-refractivity contribution < 1.29 is 28.5 Å². The van der Waals surface area contributed by atoms with Crippen LogP contribution >= 0.6 is 0 Å². The molecule has 0 saturated carbocycles. The van der Waals surface area contributed by atoms with Gasteiger partial charge in [-0.1, -0.05) is 0 Å². The maximum atomic E-state index is 11.3. The molecule has 0 aromatic rings. The lowest BCUT2D eigenvalue weighted by atomic mass is 10.3. The summed E-state index contributed by atoms with van der Waals surface area (Å²) in [5.74, 6) is -1.07. The minimum Gasteiger partial charge on any atom is -0.463 e. The lowest BCUT2D eigenvalue weighted by molar-refractivity contribution is -0.140. The standard InChI is InChI=1S/C16H28O6/c1-3-19-11-5-7-13-21-15(17)9-10-16(18)22-14-8-6-12-20-4-2/h9-10H,3-8,11-14H2,1-2H3/b10-9-. The van der Waals surface area contributed by atoms with Crippen LogP contribution in [0.15, 0.2) is 12.2 Å². The Morgan fingerprint density at radius 3 is 1.41 bits per heavy atom. The van der Waals surface area contributed by atoms with Gasteiger partial charge < -0.3 is 18.9 Å². The molecule has 0 saturated heterocycles. The molecule has 128 valence electrons. The van der Waals surface area contributed by atoms with Crippen LogP contribution in [0.2, 0.25) is 0 Å². The first-order valence-electron chi connectivity index (χ1n) is 7.87. The van der Waals surface area contributed by atoms with E-state index in [1.165, 1.54) is 0 Å². The van der Waals surface area contributed by atoms with Gasteiger partial charge in [-0.15, -0.1) is 0 Å². The number of hydrogen-bond donors (Lipinski definition) is 0. The summed E-state index contributed by atoms with van der Waals surface area (Å²) < 4.78 is 20.2. The molecule has 0 aromatic heterocycles. The Labute approximate surface area is 132 Å². The van der Waals surface area contributed by atoms with Crippen molar-refractivity contribution in [2.24, 2.45) is 0 Å². The zero-order valence-corrected chi connectivity index (χ0v) is 13.7. The number of unbranched alkanes of at least 4 members (excludes halogenated alkanes) is 2. The number of hydrogen-bond acceptors (Lipinski definition) is 6. The molecule has 0 aliphatic rings. The van der Waals surface area contributed by atoms with Crippen LogP contribution in [0.1, 0.15) is 39.5 Å². The van der Waals surface area contributed by atoms with Gasteiger partial charge in [0.15, 0.2) is 0 Å². The summed E-state index contributed by atoms with van der Waals surface area (Å²) in [5.41, 5.74) is 0. The Morgan fingerprint density at radius 2 is 1.05 bits per heavy atom. The van der Waals surface area contributed by atoms with Crippen molar-refractivity contribution in [1.29, 1.82) is 0 Å². The third kappa shape index (κ3) is 15.0. The van der Waals surface area contributed by atoms with Crippen molar-refractivity contribution in [2.75, 3.05) is 39.6 Å². The molecule has 0 amide bonds. The predicted molar refractivity (Wildman–Crippen MR) is 82.5 cm³/mol. The quantitative estimate of drug-likeness (QED) is 0.278. The molecule has 0 N–H and O–H groups in total. The molecule has 0 spiro atoms. The minimum atomic E-state index is -0.537. The van der Waals surface area contributed by atoms with E-state index in [2.05, 4.69) is 0 Å². The third-order valence-electron chi connectivity index (χ3n) is 2.62. The molecule has 0 aromatic carbocycles. The Bertz CT molecular complexity index is 284. The topological polar surface area (TPSA) is 71.1 Å². The summed E-state index contributed by atoms with van der Waals surface area (Å²) in [4.78, 5) is 22.6. The molecule has 0 aliphatic carbocycles. The predicted octanol–water partition coefficient (Wildman–Crippen LogP) is 2.26. The second kappa shape index (κ2) is 16.0. The zero-order chi connectivity index (χ0) is 16.5. The Hall–Kier alpha value is -1.40. The fraction of sp³-hybridized carbons (Fsp3) is 0.750. The molecular weight excluding hydrogens is 288 g/mol. The summed E-state index contributed by atoms with van der Waals surface area (Å²) in [5, 5.41) is 0. The van der Waals surface area contributed by atoms with Crippen LogP contribution in [0.25, 0.3) is 0 Å². The van der Waals surface area contributed by atoms with Crippen LogP contribution < -0.4 is 0 Å². The van der Waals surface area contributed by atoms with Crippen LogP contribution in [0.3, 0.4) is 0 Å². The largest absolute Gasteiger partial charge is 0.463 e. The van der Waals surface area contributed by atoms with E-state index in [0.717, 1.165) is 37.8 Å². The van der Waals surface area contributed by atoms with E-state index in [0.29, 0.717) is 39.6 Å². The van der Waals surface area contributed by atoms with Gasteiger partial charge in [0.25, 0.3) is 0 Å². The van der Waals surface area contributed by atoms with Gasteiger partial charge in [-0.3, -0.25) is 0 Å². The van der Waals surface area contributed by atoms with Crippen LogP contribution in [0.5, 0.6) is 0 Å². The summed E-state index contributed by atoms with van der Waals surface area (Å²) in [7, 11) is 0. The number of ether oxygens (including phenoxy) is 4. The normalized spacial score (nSPS) is 10.8. The van der Waals surface area contributed by atoms with Crippen LogP contribution in [-0.4, -0.2) is 51.6 Å². The summed E-state index contributed by atoms with van der Waals surface area (Å²) in [6.45, 7) is 7.22. The minimum absolute atomic E-state index is 0.322. The van der Waals surface area contributed by atoms with E-state index in [9.17, 15) is 9.59 Å². The average molecular weight is 316 g/mol. The first kappa shape index (κ1) is 20.6. The molecule has 0 radical (unpaired) electrons. The molecule has 6 heteroatoms. The first-order valence-corrected chi connectivity index (χ1v) is 7.87. The molecule has 0 rings (SSSR count). The molecule has 0 unspecified atom stereocenters. The van der Waals surface area contributed by atoms with Crippen molar-refractivity contribution in [2.45, 2.75) is 39.5 Å². The molecule has 0 aliphatic heterocycles. The van der Waals surface area contributed by atoms with Gasteiger partial charge >= 0.3 is 11.9 Å². The number of rotatable bonds is 14. The van der Waals surface area contributed by atoms with E-state index >= 15 is 0 Å². The van der Waals surface area contributed by atoms with Gasteiger partial charge in [-0.25, -0.2) is 9.59 Å². The second-order valence-electron chi connectivity index (χ2n) is 4.48. The Morgan fingerprint density at radius 1 is 0.682 bits per heavy atom. The molecular formula is C16H28O6. The third-order valence-corrected chi connectivity index (χ3v) is 2.62. The highest BCUT2D eigenvalue weighted by Gasteiger charge is 2.01. The first-order chi connectivity index (χ1) is 10.7. The van der Waals surface area contributed by atoms with Crippen LogP contribution in [0.4, 0.5) is 0 Å².